The molecule has 2 aromatic carbocycles. The van der Waals surface area contributed by atoms with Crippen LogP contribution < -0.4 is 15.4 Å². The first-order valence-electron chi connectivity index (χ1n) is 10.3. The molecule has 1 heterocycles. The fourth-order valence-corrected chi connectivity index (χ4v) is 3.65. The monoisotopic (exact) mass is 396 g/mol. The Balaban J connectivity index is 1.61. The van der Waals surface area contributed by atoms with Gasteiger partial charge in [0.25, 0.3) is 0 Å². The predicted molar refractivity (Wildman–Crippen MR) is 117 cm³/mol. The van der Waals surface area contributed by atoms with Gasteiger partial charge in [-0.05, 0) is 50.1 Å². The van der Waals surface area contributed by atoms with Crippen LogP contribution in [0.2, 0.25) is 0 Å². The lowest BCUT2D eigenvalue weighted by atomic mass is 10.0. The molecular weight excluding hydrogens is 364 g/mol. The highest BCUT2D eigenvalue weighted by atomic mass is 16.5. The molecule has 0 radical (unpaired) electrons. The van der Waals surface area contributed by atoms with Gasteiger partial charge in [0.1, 0.15) is 11.5 Å². The molecule has 1 saturated heterocycles. The molecule has 6 nitrogen and oxygen atoms in total. The van der Waals surface area contributed by atoms with E-state index >= 15 is 0 Å². The molecule has 6 heteroatoms. The molecule has 29 heavy (non-hydrogen) atoms. The molecule has 0 aromatic heterocycles. The van der Waals surface area contributed by atoms with Gasteiger partial charge in [-0.25, -0.2) is 4.99 Å². The molecule has 156 valence electrons. The third-order valence-corrected chi connectivity index (χ3v) is 5.13. The van der Waals surface area contributed by atoms with Gasteiger partial charge < -0.3 is 20.5 Å². The average molecular weight is 397 g/mol. The van der Waals surface area contributed by atoms with Gasteiger partial charge in [-0.1, -0.05) is 30.3 Å². The fraction of sp³-hybridized carbons (Fsp3) is 0.435. The van der Waals surface area contributed by atoms with Gasteiger partial charge in [0.05, 0.1) is 13.7 Å². The number of likely N-dealkylation sites (tertiary alicyclic amines) is 1. The second-order valence-electron chi connectivity index (χ2n) is 7.39. The van der Waals surface area contributed by atoms with Gasteiger partial charge in [0.15, 0.2) is 5.96 Å². The summed E-state index contributed by atoms with van der Waals surface area (Å²) >= 11 is 0. The number of aliphatic imine (C=N–C) groups is 1. The Hall–Kier alpha value is -2.73. The summed E-state index contributed by atoms with van der Waals surface area (Å²) < 4.78 is 5.25. The maximum absolute atomic E-state index is 10.1. The number of ether oxygens (including phenoxy) is 1. The largest absolute Gasteiger partial charge is 0.508 e. The van der Waals surface area contributed by atoms with Crippen molar-refractivity contribution in [2.45, 2.75) is 38.9 Å². The zero-order valence-electron chi connectivity index (χ0n) is 17.4. The van der Waals surface area contributed by atoms with Crippen molar-refractivity contribution in [1.29, 1.82) is 0 Å². The van der Waals surface area contributed by atoms with Crippen LogP contribution >= 0.6 is 0 Å². The normalized spacial score (nSPS) is 17.7. The Kier molecular flexibility index (Phi) is 7.76. The van der Waals surface area contributed by atoms with E-state index in [4.69, 9.17) is 4.74 Å². The summed E-state index contributed by atoms with van der Waals surface area (Å²) in [5.74, 6) is 1.73. The number of phenolic OH excluding ortho intramolecular Hbond substituents is 1. The van der Waals surface area contributed by atoms with Crippen LogP contribution in [-0.4, -0.2) is 48.8 Å². The van der Waals surface area contributed by atoms with Crippen LogP contribution in [-0.2, 0) is 13.1 Å². The molecular formula is C23H32N4O2. The third kappa shape index (κ3) is 6.39. The van der Waals surface area contributed by atoms with Crippen molar-refractivity contribution in [2.75, 3.05) is 26.7 Å². The van der Waals surface area contributed by atoms with Crippen LogP contribution in [0.5, 0.6) is 11.5 Å². The molecule has 3 N–H and O–H groups in total. The van der Waals surface area contributed by atoms with Gasteiger partial charge in [0, 0.05) is 31.2 Å². The molecule has 0 bridgehead atoms. The minimum atomic E-state index is 0.233. The molecule has 1 aliphatic heterocycles. The number of methoxy groups -OCH3 is 1. The van der Waals surface area contributed by atoms with Crippen LogP contribution in [0.25, 0.3) is 0 Å². The Bertz CT molecular complexity index is 795. The van der Waals surface area contributed by atoms with Gasteiger partial charge in [-0.15, -0.1) is 0 Å². The molecule has 0 spiro atoms. The number of piperidine rings is 1. The highest BCUT2D eigenvalue weighted by Crippen LogP contribution is 2.23. The molecule has 1 aliphatic rings. The van der Waals surface area contributed by atoms with E-state index in [1.807, 2.05) is 6.07 Å². The lowest BCUT2D eigenvalue weighted by molar-refractivity contribution is 0.192. The Labute approximate surface area is 173 Å². The van der Waals surface area contributed by atoms with Crippen molar-refractivity contribution < 1.29 is 9.84 Å². The van der Waals surface area contributed by atoms with E-state index in [1.165, 1.54) is 12.0 Å². The number of phenols is 1. The Morgan fingerprint density at radius 2 is 2.07 bits per heavy atom. The molecule has 1 atom stereocenters. The van der Waals surface area contributed by atoms with E-state index in [0.717, 1.165) is 49.9 Å². The van der Waals surface area contributed by atoms with Crippen LogP contribution in [0.1, 0.15) is 30.9 Å². The summed E-state index contributed by atoms with van der Waals surface area (Å²) in [7, 11) is 1.62. The number of benzene rings is 2. The highest BCUT2D eigenvalue weighted by Gasteiger charge is 2.20. The zero-order chi connectivity index (χ0) is 20.5. The topological polar surface area (TPSA) is 69.1 Å². The molecule has 1 unspecified atom stereocenters. The summed E-state index contributed by atoms with van der Waals surface area (Å²) in [5.41, 5.74) is 2.10. The van der Waals surface area contributed by atoms with E-state index in [1.54, 1.807) is 19.2 Å². The lowest BCUT2D eigenvalue weighted by Crippen LogP contribution is -2.50. The van der Waals surface area contributed by atoms with Crippen LogP contribution in [0, 0.1) is 0 Å². The number of guanidine groups is 1. The number of nitrogens with one attached hydrogen (secondary N) is 2. The smallest absolute Gasteiger partial charge is 0.191 e. The first kappa shape index (κ1) is 21.0. The molecule has 2 aromatic rings. The minimum Gasteiger partial charge on any atom is -0.508 e. The third-order valence-electron chi connectivity index (χ3n) is 5.13. The van der Waals surface area contributed by atoms with Crippen LogP contribution in [0.15, 0.2) is 53.5 Å². The lowest BCUT2D eigenvalue weighted by Gasteiger charge is -2.34. The number of hydrogen-bond donors (Lipinski definition) is 3. The van der Waals surface area contributed by atoms with E-state index in [0.29, 0.717) is 12.6 Å². The van der Waals surface area contributed by atoms with Crippen molar-refractivity contribution >= 4 is 5.96 Å². The van der Waals surface area contributed by atoms with Crippen molar-refractivity contribution in [2.24, 2.45) is 4.99 Å². The second-order valence-corrected chi connectivity index (χ2v) is 7.39. The van der Waals surface area contributed by atoms with Gasteiger partial charge in [0.2, 0.25) is 0 Å². The number of rotatable bonds is 7. The van der Waals surface area contributed by atoms with Crippen molar-refractivity contribution in [3.8, 4) is 11.5 Å². The highest BCUT2D eigenvalue weighted by molar-refractivity contribution is 5.80. The SMILES string of the molecule is CCNC(=NCc1cc(OC)ccc1O)NC1CCCN(Cc2ccccc2)C1. The summed E-state index contributed by atoms with van der Waals surface area (Å²) in [6, 6.07) is 16.2. The predicted octanol–water partition coefficient (Wildman–Crippen LogP) is 3.12. The average Bonchev–Trinajstić information content (AvgIpc) is 2.74. The molecule has 0 saturated carbocycles. The Morgan fingerprint density at radius 1 is 1.24 bits per heavy atom. The fourth-order valence-electron chi connectivity index (χ4n) is 3.65. The van der Waals surface area contributed by atoms with Crippen LogP contribution in [0.3, 0.4) is 0 Å². The summed E-state index contributed by atoms with van der Waals surface area (Å²) in [6.07, 6.45) is 2.29. The van der Waals surface area contributed by atoms with Crippen molar-refractivity contribution in [1.82, 2.24) is 15.5 Å². The van der Waals surface area contributed by atoms with E-state index in [-0.39, 0.29) is 5.75 Å². The summed E-state index contributed by atoms with van der Waals surface area (Å²) in [4.78, 5) is 7.18. The van der Waals surface area contributed by atoms with Crippen LogP contribution in [0.4, 0.5) is 0 Å². The van der Waals surface area contributed by atoms with Gasteiger partial charge in [-0.2, -0.15) is 0 Å². The quantitative estimate of drug-likeness (QED) is 0.496. The van der Waals surface area contributed by atoms with E-state index in [9.17, 15) is 5.11 Å². The molecule has 0 amide bonds. The van der Waals surface area contributed by atoms with E-state index < -0.39 is 0 Å². The number of aromatic hydroxyl groups is 1. The van der Waals surface area contributed by atoms with Crippen molar-refractivity contribution in [3.05, 3.63) is 59.7 Å². The molecule has 1 fully saturated rings. The standard InChI is InChI=1S/C23H32N4O2/c1-3-24-23(25-15-19-14-21(29-2)11-12-22(19)28)26-20-10-7-13-27(17-20)16-18-8-5-4-6-9-18/h4-6,8-9,11-12,14,20,28H,3,7,10,13,15-17H2,1-2H3,(H2,24,25,26). The number of hydrogen-bond acceptors (Lipinski definition) is 4. The zero-order valence-corrected chi connectivity index (χ0v) is 17.4. The van der Waals surface area contributed by atoms with Gasteiger partial charge in [-0.3, -0.25) is 4.90 Å². The molecule has 0 aliphatic carbocycles. The number of nitrogens with zero attached hydrogens (tertiary/aromatic N) is 2. The van der Waals surface area contributed by atoms with Crippen molar-refractivity contribution in [3.63, 3.8) is 0 Å². The first-order valence-corrected chi connectivity index (χ1v) is 10.3. The summed E-state index contributed by atoms with van der Waals surface area (Å²) in [5, 5.41) is 17.0. The van der Waals surface area contributed by atoms with E-state index in [2.05, 4.69) is 57.8 Å². The summed E-state index contributed by atoms with van der Waals surface area (Å²) in [6.45, 7) is 6.32. The molecule has 3 rings (SSSR count). The second kappa shape index (κ2) is 10.7. The minimum absolute atomic E-state index is 0.233. The first-order chi connectivity index (χ1) is 14.2. The Morgan fingerprint density at radius 3 is 2.83 bits per heavy atom. The van der Waals surface area contributed by atoms with Gasteiger partial charge >= 0.3 is 0 Å². The maximum Gasteiger partial charge on any atom is 0.191 e. The maximum atomic E-state index is 10.1.